The highest BCUT2D eigenvalue weighted by Crippen LogP contribution is 2.44. The first-order valence-corrected chi connectivity index (χ1v) is 9.39. The van der Waals surface area contributed by atoms with Crippen LogP contribution in [0.3, 0.4) is 0 Å². The van der Waals surface area contributed by atoms with Gasteiger partial charge in [0.05, 0.1) is 0 Å². The van der Waals surface area contributed by atoms with Crippen LogP contribution in [0.25, 0.3) is 0 Å². The van der Waals surface area contributed by atoms with Crippen molar-refractivity contribution in [2.75, 3.05) is 0 Å². The second-order valence-corrected chi connectivity index (χ2v) is 7.43. The lowest BCUT2D eigenvalue weighted by Crippen LogP contribution is -2.12. The average molecular weight is 291 g/mol. The van der Waals surface area contributed by atoms with E-state index < -0.39 is 0 Å². The molecule has 0 heterocycles. The molecule has 1 aliphatic rings. The normalized spacial score (nSPS) is 22.0. The van der Waals surface area contributed by atoms with Gasteiger partial charge in [0.2, 0.25) is 0 Å². The zero-order valence-electron chi connectivity index (χ0n) is 15.4. The van der Waals surface area contributed by atoms with Crippen molar-refractivity contribution in [3.8, 4) is 0 Å². The lowest BCUT2D eigenvalue weighted by atomic mass is 9.80. The van der Waals surface area contributed by atoms with Crippen molar-refractivity contribution in [2.24, 2.45) is 5.41 Å². The summed E-state index contributed by atoms with van der Waals surface area (Å²) in [6.45, 7) is 11.6. The fraction of sp³-hybridized carbons (Fsp3) is 0.810. The quantitative estimate of drug-likeness (QED) is 0.344. The summed E-state index contributed by atoms with van der Waals surface area (Å²) in [5, 5.41) is 0. The molecule has 0 heteroatoms. The molecule has 0 aromatic carbocycles. The molecule has 1 rings (SSSR count). The van der Waals surface area contributed by atoms with Crippen molar-refractivity contribution in [2.45, 2.75) is 105 Å². The Morgan fingerprint density at radius 3 is 1.67 bits per heavy atom. The SMILES string of the molecule is CCCCCCCCCCCCC1(C)C=C(C)C(C)=C1C. The summed E-state index contributed by atoms with van der Waals surface area (Å²) >= 11 is 0. The van der Waals surface area contributed by atoms with Gasteiger partial charge in [-0.1, -0.05) is 95.3 Å². The van der Waals surface area contributed by atoms with E-state index in [1.54, 1.807) is 5.57 Å². The van der Waals surface area contributed by atoms with Crippen molar-refractivity contribution in [3.05, 3.63) is 22.8 Å². The Bertz CT molecular complexity index is 358. The third-order valence-corrected chi connectivity index (χ3v) is 5.60. The van der Waals surface area contributed by atoms with Crippen LogP contribution in [-0.2, 0) is 0 Å². The largest absolute Gasteiger partial charge is 0.0713 e. The minimum atomic E-state index is 0.355. The predicted octanol–water partition coefficient (Wildman–Crippen LogP) is 7.60. The maximum atomic E-state index is 2.51. The first kappa shape index (κ1) is 18.5. The Morgan fingerprint density at radius 2 is 1.24 bits per heavy atom. The van der Waals surface area contributed by atoms with Gasteiger partial charge in [0.1, 0.15) is 0 Å². The highest BCUT2D eigenvalue weighted by Gasteiger charge is 2.29. The van der Waals surface area contributed by atoms with Crippen LogP contribution in [0.15, 0.2) is 22.8 Å². The molecule has 0 nitrogen and oxygen atoms in total. The smallest absolute Gasteiger partial charge is 0.00713 e. The Morgan fingerprint density at radius 1 is 0.762 bits per heavy atom. The van der Waals surface area contributed by atoms with E-state index in [0.717, 1.165) is 0 Å². The monoisotopic (exact) mass is 290 g/mol. The molecule has 0 aliphatic heterocycles. The number of hydrogen-bond donors (Lipinski definition) is 0. The standard InChI is InChI=1S/C21H38/c1-6-7-8-9-10-11-12-13-14-15-16-21(5)17-18(2)19(3)20(21)4/h17H,6-16H2,1-5H3. The van der Waals surface area contributed by atoms with E-state index in [0.29, 0.717) is 5.41 Å². The lowest BCUT2D eigenvalue weighted by Gasteiger charge is -2.24. The molecule has 0 N–H and O–H groups in total. The molecule has 0 spiro atoms. The zero-order valence-corrected chi connectivity index (χ0v) is 15.4. The van der Waals surface area contributed by atoms with Crippen LogP contribution < -0.4 is 0 Å². The topological polar surface area (TPSA) is 0 Å². The summed E-state index contributed by atoms with van der Waals surface area (Å²) in [5.41, 5.74) is 5.00. The average Bonchev–Trinajstić information content (AvgIpc) is 2.65. The maximum absolute atomic E-state index is 2.51. The van der Waals surface area contributed by atoms with E-state index in [-0.39, 0.29) is 0 Å². The molecule has 1 aliphatic carbocycles. The van der Waals surface area contributed by atoms with E-state index in [1.807, 2.05) is 0 Å². The van der Waals surface area contributed by atoms with Crippen LogP contribution in [-0.4, -0.2) is 0 Å². The molecule has 0 saturated heterocycles. The molecule has 0 amide bonds. The van der Waals surface area contributed by atoms with Gasteiger partial charge < -0.3 is 0 Å². The van der Waals surface area contributed by atoms with Gasteiger partial charge in [0.25, 0.3) is 0 Å². The third-order valence-electron chi connectivity index (χ3n) is 5.60. The second kappa shape index (κ2) is 9.49. The molecular formula is C21H38. The highest BCUT2D eigenvalue weighted by atomic mass is 14.3. The summed E-state index contributed by atoms with van der Waals surface area (Å²) in [6, 6.07) is 0. The zero-order chi connectivity index (χ0) is 15.7. The van der Waals surface area contributed by atoms with E-state index in [2.05, 4.69) is 40.7 Å². The van der Waals surface area contributed by atoms with E-state index >= 15 is 0 Å². The van der Waals surface area contributed by atoms with Gasteiger partial charge in [-0.05, 0) is 32.8 Å². The lowest BCUT2D eigenvalue weighted by molar-refractivity contribution is 0.435. The number of rotatable bonds is 11. The van der Waals surface area contributed by atoms with E-state index in [9.17, 15) is 0 Å². The molecule has 21 heavy (non-hydrogen) atoms. The third kappa shape index (κ3) is 6.01. The fourth-order valence-corrected chi connectivity index (χ4v) is 3.66. The Balaban J connectivity index is 2.05. The molecule has 1 unspecified atom stereocenters. The molecule has 1 atom stereocenters. The Labute approximate surface area is 134 Å². The number of unbranched alkanes of at least 4 members (excludes halogenated alkanes) is 9. The van der Waals surface area contributed by atoms with Gasteiger partial charge in [-0.2, -0.15) is 0 Å². The summed E-state index contributed by atoms with van der Waals surface area (Å²) < 4.78 is 0. The maximum Gasteiger partial charge on any atom is 0.00713 e. The number of allylic oxidation sites excluding steroid dienone is 4. The van der Waals surface area contributed by atoms with E-state index in [1.165, 1.54) is 81.8 Å². The van der Waals surface area contributed by atoms with Gasteiger partial charge in [-0.25, -0.2) is 0 Å². The molecule has 122 valence electrons. The molecule has 0 aromatic rings. The van der Waals surface area contributed by atoms with Crippen molar-refractivity contribution in [1.29, 1.82) is 0 Å². The van der Waals surface area contributed by atoms with Gasteiger partial charge in [0.15, 0.2) is 0 Å². The molecule has 0 bridgehead atoms. The summed E-state index contributed by atoms with van der Waals surface area (Å²) in [5.74, 6) is 0. The van der Waals surface area contributed by atoms with Crippen LogP contribution in [0.4, 0.5) is 0 Å². The molecular weight excluding hydrogens is 252 g/mol. The fourth-order valence-electron chi connectivity index (χ4n) is 3.66. The first-order chi connectivity index (χ1) is 10.0. The molecule has 0 radical (unpaired) electrons. The van der Waals surface area contributed by atoms with Crippen LogP contribution in [0.2, 0.25) is 0 Å². The predicted molar refractivity (Wildman–Crippen MR) is 96.7 cm³/mol. The minimum Gasteiger partial charge on any atom is -0.0713 e. The Kier molecular flexibility index (Phi) is 8.37. The molecule has 0 fully saturated rings. The molecule has 0 saturated carbocycles. The van der Waals surface area contributed by atoms with Crippen molar-refractivity contribution < 1.29 is 0 Å². The van der Waals surface area contributed by atoms with Gasteiger partial charge >= 0.3 is 0 Å². The second-order valence-electron chi connectivity index (χ2n) is 7.43. The number of hydrogen-bond acceptors (Lipinski definition) is 0. The summed E-state index contributed by atoms with van der Waals surface area (Å²) in [7, 11) is 0. The van der Waals surface area contributed by atoms with Crippen LogP contribution >= 0.6 is 0 Å². The van der Waals surface area contributed by atoms with Crippen molar-refractivity contribution in [1.82, 2.24) is 0 Å². The van der Waals surface area contributed by atoms with Crippen LogP contribution in [0.1, 0.15) is 105 Å². The van der Waals surface area contributed by atoms with Gasteiger partial charge in [-0.3, -0.25) is 0 Å². The first-order valence-electron chi connectivity index (χ1n) is 9.39. The van der Waals surface area contributed by atoms with Gasteiger partial charge in [-0.15, -0.1) is 0 Å². The van der Waals surface area contributed by atoms with Gasteiger partial charge in [0, 0.05) is 5.41 Å². The van der Waals surface area contributed by atoms with Crippen molar-refractivity contribution in [3.63, 3.8) is 0 Å². The van der Waals surface area contributed by atoms with Crippen LogP contribution in [0, 0.1) is 5.41 Å². The summed E-state index contributed by atoms with van der Waals surface area (Å²) in [4.78, 5) is 0. The minimum absolute atomic E-state index is 0.355. The highest BCUT2D eigenvalue weighted by molar-refractivity contribution is 5.44. The Hall–Kier alpha value is -0.520. The van der Waals surface area contributed by atoms with E-state index in [4.69, 9.17) is 0 Å². The van der Waals surface area contributed by atoms with Crippen LogP contribution in [0.5, 0.6) is 0 Å². The summed E-state index contributed by atoms with van der Waals surface area (Å²) in [6.07, 6.45) is 18.2. The van der Waals surface area contributed by atoms with Crippen molar-refractivity contribution >= 4 is 0 Å². The molecule has 0 aromatic heterocycles.